The van der Waals surface area contributed by atoms with Crippen molar-refractivity contribution in [3.8, 4) is 78.2 Å². The van der Waals surface area contributed by atoms with Crippen molar-refractivity contribution in [1.29, 1.82) is 0 Å². The average molecular weight is 752 g/mol. The molecule has 2 heteroatoms. The zero-order valence-corrected chi connectivity index (χ0v) is 32.2. The first-order valence-electron chi connectivity index (χ1n) is 20.1. The molecular formula is C57H37NO. The molecule has 0 fully saturated rings. The van der Waals surface area contributed by atoms with Gasteiger partial charge >= 0.3 is 0 Å². The van der Waals surface area contributed by atoms with Gasteiger partial charge in [0.2, 0.25) is 5.89 Å². The summed E-state index contributed by atoms with van der Waals surface area (Å²) in [5.74, 6) is 0.631. The van der Waals surface area contributed by atoms with Crippen molar-refractivity contribution in [2.75, 3.05) is 0 Å². The SMILES string of the molecule is c1ccc(-c2cc(-c3cccc(-c4c5ccccc5c(-c5nc6ccccc6o5)c5ccccc45)c3)c(-c3ccccc3)c(-c3ccccc3)c2-c2ccccc2)cc1. The largest absolute Gasteiger partial charge is 0.436 e. The van der Waals surface area contributed by atoms with Crippen LogP contribution >= 0.6 is 0 Å². The van der Waals surface area contributed by atoms with Crippen molar-refractivity contribution in [3.05, 3.63) is 224 Å². The molecule has 0 atom stereocenters. The Hall–Kier alpha value is -7.81. The first-order valence-corrected chi connectivity index (χ1v) is 20.1. The second-order valence-corrected chi connectivity index (χ2v) is 15.0. The van der Waals surface area contributed by atoms with Crippen LogP contribution in [0.3, 0.4) is 0 Å². The number of rotatable bonds is 7. The van der Waals surface area contributed by atoms with E-state index in [1.807, 2.05) is 24.3 Å². The molecule has 0 amide bonds. The Morgan fingerprint density at radius 1 is 0.271 bits per heavy atom. The molecule has 0 aliphatic heterocycles. The monoisotopic (exact) mass is 751 g/mol. The lowest BCUT2D eigenvalue weighted by Crippen LogP contribution is -1.98. The summed E-state index contributed by atoms with van der Waals surface area (Å²) in [6.07, 6.45) is 0. The van der Waals surface area contributed by atoms with Crippen LogP contribution < -0.4 is 0 Å². The van der Waals surface area contributed by atoms with E-state index in [1.165, 1.54) is 55.6 Å². The van der Waals surface area contributed by atoms with Gasteiger partial charge in [0.1, 0.15) is 5.52 Å². The van der Waals surface area contributed by atoms with Crippen LogP contribution in [0.1, 0.15) is 0 Å². The Kier molecular flexibility index (Phi) is 8.52. The van der Waals surface area contributed by atoms with E-state index in [9.17, 15) is 0 Å². The lowest BCUT2D eigenvalue weighted by molar-refractivity contribution is 0.621. The molecule has 0 saturated heterocycles. The topological polar surface area (TPSA) is 26.0 Å². The third kappa shape index (κ3) is 6.02. The van der Waals surface area contributed by atoms with E-state index in [1.54, 1.807) is 0 Å². The van der Waals surface area contributed by atoms with Crippen LogP contribution in [0.2, 0.25) is 0 Å². The molecule has 59 heavy (non-hydrogen) atoms. The molecule has 10 aromatic carbocycles. The van der Waals surface area contributed by atoms with E-state index in [-0.39, 0.29) is 0 Å². The third-order valence-electron chi connectivity index (χ3n) is 11.5. The van der Waals surface area contributed by atoms with Crippen LogP contribution in [-0.2, 0) is 0 Å². The third-order valence-corrected chi connectivity index (χ3v) is 11.5. The molecule has 0 saturated carbocycles. The Labute approximate surface area is 343 Å². The van der Waals surface area contributed by atoms with E-state index in [0.29, 0.717) is 5.89 Å². The van der Waals surface area contributed by atoms with Crippen molar-refractivity contribution in [2.45, 2.75) is 0 Å². The molecule has 1 aromatic heterocycles. The summed E-state index contributed by atoms with van der Waals surface area (Å²) in [5, 5.41) is 4.51. The lowest BCUT2D eigenvalue weighted by atomic mass is 9.78. The van der Waals surface area contributed by atoms with E-state index in [4.69, 9.17) is 9.40 Å². The molecule has 2 nitrogen and oxygen atoms in total. The summed E-state index contributed by atoms with van der Waals surface area (Å²) >= 11 is 0. The first kappa shape index (κ1) is 34.4. The molecule has 0 spiro atoms. The summed E-state index contributed by atoms with van der Waals surface area (Å²) in [4.78, 5) is 5.01. The smallest absolute Gasteiger partial charge is 0.228 e. The summed E-state index contributed by atoms with van der Waals surface area (Å²) in [5.41, 5.74) is 16.8. The highest BCUT2D eigenvalue weighted by atomic mass is 16.3. The number of hydrogen-bond donors (Lipinski definition) is 0. The lowest BCUT2D eigenvalue weighted by Gasteiger charge is -2.25. The second-order valence-electron chi connectivity index (χ2n) is 15.0. The Bertz CT molecular complexity index is 3210. The number of para-hydroxylation sites is 2. The number of hydrogen-bond acceptors (Lipinski definition) is 2. The first-order chi connectivity index (χ1) is 29.3. The van der Waals surface area contributed by atoms with Crippen molar-refractivity contribution in [2.24, 2.45) is 0 Å². The van der Waals surface area contributed by atoms with Gasteiger partial charge in [-0.2, -0.15) is 0 Å². The van der Waals surface area contributed by atoms with Crippen LogP contribution in [0.4, 0.5) is 0 Å². The van der Waals surface area contributed by atoms with Gasteiger partial charge in [-0.3, -0.25) is 0 Å². The number of aromatic nitrogens is 1. The zero-order chi connectivity index (χ0) is 39.1. The van der Waals surface area contributed by atoms with Crippen molar-refractivity contribution >= 4 is 32.6 Å². The van der Waals surface area contributed by atoms with E-state index < -0.39 is 0 Å². The molecule has 0 unspecified atom stereocenters. The average Bonchev–Trinajstić information content (AvgIpc) is 3.75. The highest BCUT2D eigenvalue weighted by Crippen LogP contribution is 2.51. The van der Waals surface area contributed by atoms with Gasteiger partial charge in [-0.1, -0.05) is 200 Å². The number of benzene rings is 10. The minimum atomic E-state index is 0.631. The number of fused-ring (bicyclic) bond motifs is 3. The van der Waals surface area contributed by atoms with Gasteiger partial charge in [0.25, 0.3) is 0 Å². The molecule has 0 aliphatic rings. The summed E-state index contributed by atoms with van der Waals surface area (Å²) in [7, 11) is 0. The van der Waals surface area contributed by atoms with Gasteiger partial charge < -0.3 is 4.42 Å². The second kappa shape index (κ2) is 14.6. The van der Waals surface area contributed by atoms with Crippen LogP contribution in [-0.4, -0.2) is 4.98 Å². The molecule has 0 aliphatic carbocycles. The highest BCUT2D eigenvalue weighted by Gasteiger charge is 2.25. The van der Waals surface area contributed by atoms with Gasteiger partial charge in [0.15, 0.2) is 5.58 Å². The van der Waals surface area contributed by atoms with Crippen molar-refractivity contribution < 1.29 is 4.42 Å². The summed E-state index contributed by atoms with van der Waals surface area (Å²) in [6.45, 7) is 0. The molecule has 11 rings (SSSR count). The molecule has 0 bridgehead atoms. The minimum absolute atomic E-state index is 0.631. The minimum Gasteiger partial charge on any atom is -0.436 e. The van der Waals surface area contributed by atoms with Gasteiger partial charge in [-0.15, -0.1) is 0 Å². The fraction of sp³-hybridized carbons (Fsp3) is 0. The molecule has 0 N–H and O–H groups in total. The van der Waals surface area contributed by atoms with Crippen LogP contribution in [0.5, 0.6) is 0 Å². The molecular weight excluding hydrogens is 715 g/mol. The Morgan fingerprint density at radius 3 is 1.22 bits per heavy atom. The molecule has 1 heterocycles. The van der Waals surface area contributed by atoms with Crippen molar-refractivity contribution in [3.63, 3.8) is 0 Å². The standard InChI is InChI=1S/C57H37NO/c1-5-20-38(21-6-1)48-37-49(54(40-24-9-3-10-25-40)55(41-26-11-4-12-27-41)53(48)39-22-7-2-8-23-39)42-28-19-29-43(36-42)52-44-30-13-15-32-46(44)56(47-33-16-14-31-45(47)52)57-58-50-34-17-18-35-51(50)59-57/h1-37H. The van der Waals surface area contributed by atoms with Crippen LogP contribution in [0.25, 0.3) is 111 Å². The van der Waals surface area contributed by atoms with Crippen LogP contribution in [0.15, 0.2) is 229 Å². The Balaban J connectivity index is 1.23. The number of oxazole rings is 1. The van der Waals surface area contributed by atoms with Gasteiger partial charge in [-0.05, 0) is 113 Å². The number of nitrogens with zero attached hydrogens (tertiary/aromatic N) is 1. The maximum atomic E-state index is 6.47. The Morgan fingerprint density at radius 2 is 0.678 bits per heavy atom. The highest BCUT2D eigenvalue weighted by molar-refractivity contribution is 6.21. The normalized spacial score (nSPS) is 11.4. The van der Waals surface area contributed by atoms with Gasteiger partial charge in [0, 0.05) is 0 Å². The van der Waals surface area contributed by atoms with E-state index in [0.717, 1.165) is 49.3 Å². The van der Waals surface area contributed by atoms with E-state index in [2.05, 4.69) is 200 Å². The van der Waals surface area contributed by atoms with Crippen molar-refractivity contribution in [1.82, 2.24) is 4.98 Å². The summed E-state index contributed by atoms with van der Waals surface area (Å²) in [6, 6.07) is 80.4. The zero-order valence-electron chi connectivity index (χ0n) is 32.2. The van der Waals surface area contributed by atoms with Gasteiger partial charge in [0.05, 0.1) is 5.56 Å². The summed E-state index contributed by atoms with van der Waals surface area (Å²) < 4.78 is 6.47. The van der Waals surface area contributed by atoms with Crippen LogP contribution in [0, 0.1) is 0 Å². The molecule has 0 radical (unpaired) electrons. The maximum Gasteiger partial charge on any atom is 0.228 e. The fourth-order valence-electron chi connectivity index (χ4n) is 8.95. The maximum absolute atomic E-state index is 6.47. The molecule has 276 valence electrons. The van der Waals surface area contributed by atoms with Gasteiger partial charge in [-0.25, -0.2) is 4.98 Å². The predicted octanol–water partition coefficient (Wildman–Crippen LogP) is 15.8. The molecule has 11 aromatic rings. The van der Waals surface area contributed by atoms with E-state index >= 15 is 0 Å². The fourth-order valence-corrected chi connectivity index (χ4v) is 8.95. The predicted molar refractivity (Wildman–Crippen MR) is 247 cm³/mol. The quantitative estimate of drug-likeness (QED) is 0.152.